The maximum Gasteiger partial charge on any atom is 0.416 e. The van der Waals surface area contributed by atoms with Crippen molar-refractivity contribution in [3.63, 3.8) is 0 Å². The fourth-order valence-electron chi connectivity index (χ4n) is 2.06. The Morgan fingerprint density at radius 1 is 1.23 bits per heavy atom. The summed E-state index contributed by atoms with van der Waals surface area (Å²) in [5, 5.41) is 0. The zero-order valence-electron chi connectivity index (χ0n) is 12.3. The lowest BCUT2D eigenvalue weighted by Crippen LogP contribution is -2.27. The molecule has 0 bridgehead atoms. The Morgan fingerprint density at radius 2 is 1.95 bits per heavy atom. The number of carbonyl (C=O) groups excluding carboxylic acids is 1. The Labute approximate surface area is 126 Å². The summed E-state index contributed by atoms with van der Waals surface area (Å²) in [6.07, 6.45) is -4.49. The van der Waals surface area contributed by atoms with Crippen molar-refractivity contribution in [3.8, 4) is 0 Å². The summed E-state index contributed by atoms with van der Waals surface area (Å²) >= 11 is 0. The fourth-order valence-corrected chi connectivity index (χ4v) is 2.06. The summed E-state index contributed by atoms with van der Waals surface area (Å²) < 4.78 is 43.3. The monoisotopic (exact) mass is 311 g/mol. The van der Waals surface area contributed by atoms with E-state index in [-0.39, 0.29) is 18.9 Å². The van der Waals surface area contributed by atoms with E-state index < -0.39 is 11.7 Å². The summed E-state index contributed by atoms with van der Waals surface area (Å²) in [6.45, 7) is 2.08. The SMILES string of the molecule is Cc1ccc(CN(C)C(=O)Cc2cccc(C(F)(F)F)c2)o1. The zero-order valence-corrected chi connectivity index (χ0v) is 12.3. The normalized spacial score (nSPS) is 11.5. The van der Waals surface area contributed by atoms with Crippen molar-refractivity contribution in [1.82, 2.24) is 4.90 Å². The lowest BCUT2D eigenvalue weighted by Gasteiger charge is -2.16. The predicted octanol–water partition coefficient (Wildman–Crippen LogP) is 3.81. The van der Waals surface area contributed by atoms with Gasteiger partial charge in [0.2, 0.25) is 5.91 Å². The molecule has 6 heteroatoms. The molecule has 2 aromatic rings. The molecule has 0 spiro atoms. The fraction of sp³-hybridized carbons (Fsp3) is 0.312. The molecule has 1 amide bonds. The number of alkyl halides is 3. The summed E-state index contributed by atoms with van der Waals surface area (Å²) in [6, 6.07) is 8.37. The Morgan fingerprint density at radius 3 is 2.55 bits per heavy atom. The minimum absolute atomic E-state index is 0.0832. The highest BCUT2D eigenvalue weighted by Crippen LogP contribution is 2.29. The second kappa shape index (κ2) is 6.25. The van der Waals surface area contributed by atoms with E-state index in [9.17, 15) is 18.0 Å². The molecular formula is C16H16F3NO2. The van der Waals surface area contributed by atoms with Gasteiger partial charge in [0.15, 0.2) is 0 Å². The van der Waals surface area contributed by atoms with Crippen LogP contribution in [0, 0.1) is 6.92 Å². The molecule has 0 atom stereocenters. The number of benzene rings is 1. The van der Waals surface area contributed by atoms with E-state index in [1.54, 1.807) is 26.1 Å². The highest BCUT2D eigenvalue weighted by Gasteiger charge is 2.30. The lowest BCUT2D eigenvalue weighted by atomic mass is 10.1. The number of hydrogen-bond acceptors (Lipinski definition) is 2. The highest BCUT2D eigenvalue weighted by molar-refractivity contribution is 5.78. The minimum Gasteiger partial charge on any atom is -0.464 e. The Bertz CT molecular complexity index is 661. The Kier molecular flexibility index (Phi) is 4.59. The van der Waals surface area contributed by atoms with Gasteiger partial charge in [-0.05, 0) is 30.7 Å². The molecule has 118 valence electrons. The minimum atomic E-state index is -4.41. The van der Waals surface area contributed by atoms with Crippen LogP contribution in [0.3, 0.4) is 0 Å². The smallest absolute Gasteiger partial charge is 0.416 e. The third-order valence-corrected chi connectivity index (χ3v) is 3.22. The van der Waals surface area contributed by atoms with Crippen LogP contribution in [0.1, 0.15) is 22.6 Å². The van der Waals surface area contributed by atoms with Gasteiger partial charge in [-0.1, -0.05) is 18.2 Å². The lowest BCUT2D eigenvalue weighted by molar-refractivity contribution is -0.138. The molecule has 0 aliphatic rings. The van der Waals surface area contributed by atoms with Gasteiger partial charge >= 0.3 is 6.18 Å². The van der Waals surface area contributed by atoms with Crippen molar-refractivity contribution in [3.05, 3.63) is 59.0 Å². The first-order valence-corrected chi connectivity index (χ1v) is 6.71. The molecule has 0 saturated heterocycles. The highest BCUT2D eigenvalue weighted by atomic mass is 19.4. The number of carbonyl (C=O) groups is 1. The number of rotatable bonds is 4. The van der Waals surface area contributed by atoms with E-state index >= 15 is 0 Å². The van der Waals surface area contributed by atoms with Crippen molar-refractivity contribution >= 4 is 5.91 Å². The largest absolute Gasteiger partial charge is 0.464 e. The average molecular weight is 311 g/mol. The maximum absolute atomic E-state index is 12.6. The molecule has 0 aliphatic heterocycles. The predicted molar refractivity (Wildman–Crippen MR) is 75.1 cm³/mol. The molecule has 1 aromatic heterocycles. The second-order valence-corrected chi connectivity index (χ2v) is 5.14. The molecular weight excluding hydrogens is 295 g/mol. The van der Waals surface area contributed by atoms with Gasteiger partial charge in [0, 0.05) is 7.05 Å². The second-order valence-electron chi connectivity index (χ2n) is 5.14. The van der Waals surface area contributed by atoms with Gasteiger partial charge in [-0.3, -0.25) is 4.79 Å². The maximum atomic E-state index is 12.6. The molecule has 0 N–H and O–H groups in total. The molecule has 3 nitrogen and oxygen atoms in total. The van der Waals surface area contributed by atoms with Crippen LogP contribution >= 0.6 is 0 Å². The third kappa shape index (κ3) is 4.13. The van der Waals surface area contributed by atoms with Crippen LogP contribution in [-0.2, 0) is 23.9 Å². The summed E-state index contributed by atoms with van der Waals surface area (Å²) in [7, 11) is 1.59. The molecule has 2 rings (SSSR count). The molecule has 0 radical (unpaired) electrons. The topological polar surface area (TPSA) is 33.5 Å². The summed E-state index contributed by atoms with van der Waals surface area (Å²) in [4.78, 5) is 13.5. The summed E-state index contributed by atoms with van der Waals surface area (Å²) in [5.74, 6) is 1.11. The Balaban J connectivity index is 2.02. The number of amides is 1. The quantitative estimate of drug-likeness (QED) is 0.860. The van der Waals surface area contributed by atoms with Crippen LogP contribution in [0.2, 0.25) is 0 Å². The first kappa shape index (κ1) is 16.1. The van der Waals surface area contributed by atoms with Crippen molar-refractivity contribution < 1.29 is 22.4 Å². The standard InChI is InChI=1S/C16H16F3NO2/c1-11-6-7-14(22-11)10-20(2)15(21)9-12-4-3-5-13(8-12)16(17,18)19/h3-8H,9-10H2,1-2H3. The number of likely N-dealkylation sites (N-methyl/N-ethyl adjacent to an activating group) is 1. The third-order valence-electron chi connectivity index (χ3n) is 3.22. The number of nitrogens with zero attached hydrogens (tertiary/aromatic N) is 1. The first-order chi connectivity index (χ1) is 10.3. The van der Waals surface area contributed by atoms with Gasteiger partial charge < -0.3 is 9.32 Å². The van der Waals surface area contributed by atoms with Gasteiger partial charge in [-0.2, -0.15) is 13.2 Å². The van der Waals surface area contributed by atoms with Crippen LogP contribution < -0.4 is 0 Å². The number of hydrogen-bond donors (Lipinski definition) is 0. The summed E-state index contributed by atoms with van der Waals surface area (Å²) in [5.41, 5.74) is -0.413. The number of aryl methyl sites for hydroxylation is 1. The van der Waals surface area contributed by atoms with E-state index in [0.29, 0.717) is 11.3 Å². The van der Waals surface area contributed by atoms with E-state index in [2.05, 4.69) is 0 Å². The van der Waals surface area contributed by atoms with E-state index in [4.69, 9.17) is 4.42 Å². The van der Waals surface area contributed by atoms with Gasteiger partial charge in [0.25, 0.3) is 0 Å². The molecule has 1 heterocycles. The molecule has 0 aliphatic carbocycles. The molecule has 22 heavy (non-hydrogen) atoms. The number of halogens is 3. The van der Waals surface area contributed by atoms with Gasteiger partial charge in [-0.25, -0.2) is 0 Å². The van der Waals surface area contributed by atoms with Crippen molar-refractivity contribution in [2.24, 2.45) is 0 Å². The zero-order chi connectivity index (χ0) is 16.3. The molecule has 1 aromatic carbocycles. The van der Waals surface area contributed by atoms with Crippen LogP contribution in [0.5, 0.6) is 0 Å². The van der Waals surface area contributed by atoms with Gasteiger partial charge in [0.1, 0.15) is 11.5 Å². The van der Waals surface area contributed by atoms with Crippen molar-refractivity contribution in [2.45, 2.75) is 26.1 Å². The molecule has 0 saturated carbocycles. The van der Waals surface area contributed by atoms with Crippen LogP contribution in [-0.4, -0.2) is 17.9 Å². The van der Waals surface area contributed by atoms with Gasteiger partial charge in [-0.15, -0.1) is 0 Å². The number of furan rings is 1. The van der Waals surface area contributed by atoms with Gasteiger partial charge in [0.05, 0.1) is 18.5 Å². The average Bonchev–Trinajstić information content (AvgIpc) is 2.83. The van der Waals surface area contributed by atoms with E-state index in [1.165, 1.54) is 17.0 Å². The Hall–Kier alpha value is -2.24. The van der Waals surface area contributed by atoms with Crippen LogP contribution in [0.4, 0.5) is 13.2 Å². The first-order valence-electron chi connectivity index (χ1n) is 6.71. The van der Waals surface area contributed by atoms with E-state index in [1.807, 2.05) is 0 Å². The molecule has 0 fully saturated rings. The van der Waals surface area contributed by atoms with Crippen LogP contribution in [0.15, 0.2) is 40.8 Å². The molecule has 0 unspecified atom stereocenters. The van der Waals surface area contributed by atoms with E-state index in [0.717, 1.165) is 17.9 Å². The van der Waals surface area contributed by atoms with Crippen LogP contribution in [0.25, 0.3) is 0 Å². The van der Waals surface area contributed by atoms with Crippen molar-refractivity contribution in [1.29, 1.82) is 0 Å². The van der Waals surface area contributed by atoms with Crippen molar-refractivity contribution in [2.75, 3.05) is 7.05 Å².